The SMILES string of the molecule is CCCCCCCCCCCCOCCOCCOCCOCCOCCOCCOCCOCCOCCO[Si](C)(C)C(C)(C)C. The monoisotopic (exact) mass is 697 g/mol. The molecule has 0 aliphatic heterocycles. The lowest BCUT2D eigenvalue weighted by Crippen LogP contribution is -2.41. The van der Waals surface area contributed by atoms with Gasteiger partial charge in [0, 0.05) is 6.61 Å². The largest absolute Gasteiger partial charge is 0.414 e. The normalized spacial score (nSPS) is 12.4. The highest BCUT2D eigenvalue weighted by Gasteiger charge is 2.36. The van der Waals surface area contributed by atoms with Crippen LogP contribution in [0.4, 0.5) is 0 Å². The molecule has 0 unspecified atom stereocenters. The molecule has 0 saturated carbocycles. The van der Waals surface area contributed by atoms with Crippen molar-refractivity contribution in [3.8, 4) is 0 Å². The van der Waals surface area contributed by atoms with Gasteiger partial charge >= 0.3 is 0 Å². The second-order valence-corrected chi connectivity index (χ2v) is 18.1. The molecule has 0 aromatic carbocycles. The third kappa shape index (κ3) is 35.4. The Kier molecular flexibility index (Phi) is 35.5. The summed E-state index contributed by atoms with van der Waals surface area (Å²) >= 11 is 0. The van der Waals surface area contributed by atoms with Crippen LogP contribution in [-0.2, 0) is 47.1 Å². The highest BCUT2D eigenvalue weighted by atomic mass is 28.4. The molecule has 0 amide bonds. The lowest BCUT2D eigenvalue weighted by atomic mass is 10.1. The van der Waals surface area contributed by atoms with E-state index in [1.807, 2.05) is 0 Å². The Morgan fingerprint density at radius 1 is 0.319 bits per heavy atom. The smallest absolute Gasteiger partial charge is 0.192 e. The van der Waals surface area contributed by atoms with E-state index < -0.39 is 8.32 Å². The average molecular weight is 697 g/mol. The van der Waals surface area contributed by atoms with Gasteiger partial charge in [0.05, 0.1) is 119 Å². The van der Waals surface area contributed by atoms with E-state index in [1.54, 1.807) is 0 Å². The molecule has 11 heteroatoms. The van der Waals surface area contributed by atoms with Gasteiger partial charge < -0.3 is 47.1 Å². The van der Waals surface area contributed by atoms with Gasteiger partial charge in [-0.15, -0.1) is 0 Å². The molecule has 0 aliphatic carbocycles. The van der Waals surface area contributed by atoms with Gasteiger partial charge in [0.25, 0.3) is 0 Å². The van der Waals surface area contributed by atoms with Crippen molar-refractivity contribution in [2.75, 3.05) is 126 Å². The molecule has 0 radical (unpaired) electrons. The first-order valence-electron chi connectivity index (χ1n) is 18.6. The number of rotatable bonds is 39. The Morgan fingerprint density at radius 3 is 0.830 bits per heavy atom. The van der Waals surface area contributed by atoms with Crippen LogP contribution < -0.4 is 0 Å². The molecule has 0 aromatic heterocycles. The van der Waals surface area contributed by atoms with Crippen molar-refractivity contribution in [1.82, 2.24) is 0 Å². The number of hydrogen-bond acceptors (Lipinski definition) is 10. The summed E-state index contributed by atoms with van der Waals surface area (Å²) in [6, 6.07) is 0. The van der Waals surface area contributed by atoms with Gasteiger partial charge in [-0.1, -0.05) is 85.5 Å². The molecule has 0 bridgehead atoms. The average Bonchev–Trinajstić information content (AvgIpc) is 3.03. The second-order valence-electron chi connectivity index (χ2n) is 13.3. The van der Waals surface area contributed by atoms with Gasteiger partial charge in [0.2, 0.25) is 0 Å². The lowest BCUT2D eigenvalue weighted by molar-refractivity contribution is -0.0255. The minimum absolute atomic E-state index is 0.222. The topological polar surface area (TPSA) is 92.3 Å². The summed E-state index contributed by atoms with van der Waals surface area (Å²) in [7, 11) is -1.69. The number of unbranched alkanes of at least 4 members (excludes halogenated alkanes) is 9. The molecule has 0 heterocycles. The Balaban J connectivity index is 3.11. The van der Waals surface area contributed by atoms with Crippen LogP contribution in [0.15, 0.2) is 0 Å². The van der Waals surface area contributed by atoms with E-state index in [4.69, 9.17) is 47.1 Å². The Bertz CT molecular complexity index is 607. The molecule has 0 rings (SSSR count). The van der Waals surface area contributed by atoms with Crippen molar-refractivity contribution >= 4 is 8.32 Å². The summed E-state index contributed by atoms with van der Waals surface area (Å²) in [6.45, 7) is 24.5. The van der Waals surface area contributed by atoms with Crippen molar-refractivity contribution in [2.24, 2.45) is 0 Å². The maximum Gasteiger partial charge on any atom is 0.192 e. The highest BCUT2D eigenvalue weighted by molar-refractivity contribution is 6.74. The zero-order valence-corrected chi connectivity index (χ0v) is 32.6. The second kappa shape index (κ2) is 35.6. The fourth-order valence-corrected chi connectivity index (χ4v) is 5.15. The van der Waals surface area contributed by atoms with Crippen molar-refractivity contribution in [2.45, 2.75) is 110 Å². The Morgan fingerprint density at radius 2 is 0.553 bits per heavy atom. The molecule has 0 atom stereocenters. The van der Waals surface area contributed by atoms with Crippen LogP contribution in [0.3, 0.4) is 0 Å². The highest BCUT2D eigenvalue weighted by Crippen LogP contribution is 2.36. The van der Waals surface area contributed by atoms with Crippen LogP contribution in [0.1, 0.15) is 91.9 Å². The first-order valence-corrected chi connectivity index (χ1v) is 21.6. The zero-order chi connectivity index (χ0) is 34.6. The van der Waals surface area contributed by atoms with Crippen LogP contribution in [-0.4, -0.2) is 134 Å². The van der Waals surface area contributed by atoms with E-state index in [-0.39, 0.29) is 5.04 Å². The summed E-state index contributed by atoms with van der Waals surface area (Å²) in [4.78, 5) is 0. The van der Waals surface area contributed by atoms with Gasteiger partial charge in [-0.25, -0.2) is 0 Å². The van der Waals surface area contributed by atoms with Crippen LogP contribution in [0, 0.1) is 0 Å². The third-order valence-electron chi connectivity index (χ3n) is 8.12. The molecule has 0 aromatic rings. The minimum Gasteiger partial charge on any atom is -0.414 e. The molecule has 0 aliphatic rings. The van der Waals surface area contributed by atoms with Crippen molar-refractivity contribution < 1.29 is 47.1 Å². The van der Waals surface area contributed by atoms with E-state index in [0.717, 1.165) is 13.0 Å². The Hall–Kier alpha value is -0.183. The van der Waals surface area contributed by atoms with E-state index in [0.29, 0.717) is 119 Å². The van der Waals surface area contributed by atoms with E-state index in [1.165, 1.54) is 57.8 Å². The van der Waals surface area contributed by atoms with Crippen molar-refractivity contribution in [3.63, 3.8) is 0 Å². The Labute approximate surface area is 290 Å². The van der Waals surface area contributed by atoms with Gasteiger partial charge in [0.15, 0.2) is 8.32 Å². The fourth-order valence-electron chi connectivity index (χ4n) is 4.13. The zero-order valence-electron chi connectivity index (χ0n) is 31.6. The van der Waals surface area contributed by atoms with E-state index in [9.17, 15) is 0 Å². The molecule has 0 saturated heterocycles. The molecular weight excluding hydrogens is 620 g/mol. The van der Waals surface area contributed by atoms with Crippen LogP contribution in [0.2, 0.25) is 18.1 Å². The summed E-state index contributed by atoms with van der Waals surface area (Å²) in [5.74, 6) is 0. The first kappa shape index (κ1) is 46.8. The van der Waals surface area contributed by atoms with E-state index in [2.05, 4.69) is 40.8 Å². The molecule has 284 valence electrons. The predicted octanol–water partition coefficient (Wildman–Crippen LogP) is 7.08. The number of hydrogen-bond donors (Lipinski definition) is 0. The molecule has 47 heavy (non-hydrogen) atoms. The first-order chi connectivity index (χ1) is 22.8. The predicted molar refractivity (Wildman–Crippen MR) is 192 cm³/mol. The summed E-state index contributed by atoms with van der Waals surface area (Å²) in [6.07, 6.45) is 13.4. The van der Waals surface area contributed by atoms with Gasteiger partial charge in [-0.05, 0) is 24.6 Å². The lowest BCUT2D eigenvalue weighted by Gasteiger charge is -2.36. The van der Waals surface area contributed by atoms with Gasteiger partial charge in [-0.2, -0.15) is 0 Å². The fraction of sp³-hybridized carbons (Fsp3) is 1.00. The quantitative estimate of drug-likeness (QED) is 0.0491. The summed E-state index contributed by atoms with van der Waals surface area (Å²) in [5.41, 5.74) is 0. The standard InChI is InChI=1S/C36H76O10Si/c1-7-8-9-10-11-12-13-14-15-16-17-37-18-19-38-20-21-39-22-23-40-24-25-41-26-27-42-28-29-43-30-31-44-32-33-45-34-35-46-47(5,6)36(2,3)4/h7-35H2,1-6H3. The summed E-state index contributed by atoms with van der Waals surface area (Å²) < 4.78 is 56.0. The minimum atomic E-state index is -1.69. The van der Waals surface area contributed by atoms with Gasteiger partial charge in [-0.3, -0.25) is 0 Å². The van der Waals surface area contributed by atoms with Crippen LogP contribution in [0.5, 0.6) is 0 Å². The maximum atomic E-state index is 6.09. The van der Waals surface area contributed by atoms with Gasteiger partial charge in [0.1, 0.15) is 0 Å². The van der Waals surface area contributed by atoms with Crippen LogP contribution in [0.25, 0.3) is 0 Å². The van der Waals surface area contributed by atoms with Crippen LogP contribution >= 0.6 is 0 Å². The molecule has 10 nitrogen and oxygen atoms in total. The van der Waals surface area contributed by atoms with E-state index >= 15 is 0 Å². The molecular formula is C36H76O10Si. The molecule has 0 fully saturated rings. The van der Waals surface area contributed by atoms with Crippen molar-refractivity contribution in [1.29, 1.82) is 0 Å². The molecule has 0 N–H and O–H groups in total. The van der Waals surface area contributed by atoms with Crippen molar-refractivity contribution in [3.05, 3.63) is 0 Å². The number of ether oxygens (including phenoxy) is 9. The summed E-state index contributed by atoms with van der Waals surface area (Å²) in [5, 5.41) is 0.222. The third-order valence-corrected chi connectivity index (χ3v) is 12.7. The molecule has 0 spiro atoms. The maximum absolute atomic E-state index is 6.09.